The van der Waals surface area contributed by atoms with Crippen molar-refractivity contribution in [3.05, 3.63) is 29.5 Å². The number of aromatic amines is 1. The first-order valence-corrected chi connectivity index (χ1v) is 7.21. The topological polar surface area (TPSA) is 86.3 Å². The summed E-state index contributed by atoms with van der Waals surface area (Å²) < 4.78 is 39.2. The SMILES string of the molecule is Cc1cc(C(=O)N2C[C@@H](C(F)(F)F)[C@H](C(=O)O)C2)c2[nH]ncc2c1.Cl. The number of nitrogens with zero attached hydrogens (tertiary/aromatic N) is 2. The quantitative estimate of drug-likeness (QED) is 0.842. The first kappa shape index (κ1) is 19.0. The minimum absolute atomic E-state index is 0. The molecule has 2 heterocycles. The third-order valence-electron chi connectivity index (χ3n) is 4.27. The molecule has 2 aromatic rings. The van der Waals surface area contributed by atoms with Crippen LogP contribution in [0.15, 0.2) is 18.3 Å². The van der Waals surface area contributed by atoms with Gasteiger partial charge in [0.1, 0.15) is 0 Å². The highest BCUT2D eigenvalue weighted by molar-refractivity contribution is 6.06. The molecule has 136 valence electrons. The van der Waals surface area contributed by atoms with E-state index < -0.39 is 43.0 Å². The maximum atomic E-state index is 13.1. The second kappa shape index (κ2) is 6.55. The summed E-state index contributed by atoms with van der Waals surface area (Å²) in [5.41, 5.74) is 1.37. The Morgan fingerprint density at radius 3 is 2.56 bits per heavy atom. The fourth-order valence-electron chi connectivity index (χ4n) is 3.10. The number of aryl methyl sites for hydroxylation is 1. The van der Waals surface area contributed by atoms with E-state index in [2.05, 4.69) is 10.2 Å². The lowest BCUT2D eigenvalue weighted by molar-refractivity contribution is -0.187. The Labute approximate surface area is 146 Å². The number of likely N-dealkylation sites (tertiary alicyclic amines) is 1. The summed E-state index contributed by atoms with van der Waals surface area (Å²) in [7, 11) is 0. The molecular formula is C15H15ClF3N3O3. The predicted octanol–water partition coefficient (Wildman–Crippen LogP) is 2.63. The third kappa shape index (κ3) is 3.41. The monoisotopic (exact) mass is 377 g/mol. The molecule has 3 rings (SSSR count). The van der Waals surface area contributed by atoms with Crippen LogP contribution in [-0.4, -0.2) is 51.3 Å². The number of benzene rings is 1. The van der Waals surface area contributed by atoms with Gasteiger partial charge >= 0.3 is 12.1 Å². The summed E-state index contributed by atoms with van der Waals surface area (Å²) in [4.78, 5) is 24.8. The highest BCUT2D eigenvalue weighted by Gasteiger charge is 2.53. The molecule has 2 N–H and O–H groups in total. The van der Waals surface area contributed by atoms with Crippen molar-refractivity contribution in [1.82, 2.24) is 15.1 Å². The van der Waals surface area contributed by atoms with Crippen molar-refractivity contribution in [2.75, 3.05) is 13.1 Å². The molecule has 0 bridgehead atoms. The van der Waals surface area contributed by atoms with Gasteiger partial charge in [0.15, 0.2) is 0 Å². The Hall–Kier alpha value is -2.29. The minimum atomic E-state index is -4.67. The van der Waals surface area contributed by atoms with E-state index in [4.69, 9.17) is 5.11 Å². The molecule has 1 aromatic carbocycles. The van der Waals surface area contributed by atoms with Crippen LogP contribution in [0.2, 0.25) is 0 Å². The molecule has 1 fully saturated rings. The van der Waals surface area contributed by atoms with Gasteiger partial charge in [0.25, 0.3) is 5.91 Å². The molecule has 2 atom stereocenters. The molecule has 1 aliphatic heterocycles. The van der Waals surface area contributed by atoms with E-state index in [1.54, 1.807) is 19.1 Å². The number of carboxylic acids is 1. The number of aliphatic carboxylic acids is 1. The summed E-state index contributed by atoms with van der Waals surface area (Å²) in [6.07, 6.45) is -3.16. The average Bonchev–Trinajstić information content (AvgIpc) is 3.11. The van der Waals surface area contributed by atoms with Crippen molar-refractivity contribution in [3.8, 4) is 0 Å². The Kier molecular flexibility index (Phi) is 4.99. The van der Waals surface area contributed by atoms with E-state index in [1.807, 2.05) is 0 Å². The van der Waals surface area contributed by atoms with Gasteiger partial charge in [0.2, 0.25) is 0 Å². The Balaban J connectivity index is 0.00000225. The van der Waals surface area contributed by atoms with Crippen LogP contribution in [-0.2, 0) is 4.79 Å². The highest BCUT2D eigenvalue weighted by atomic mass is 35.5. The third-order valence-corrected chi connectivity index (χ3v) is 4.27. The largest absolute Gasteiger partial charge is 0.481 e. The number of halogens is 4. The van der Waals surface area contributed by atoms with Gasteiger partial charge in [-0.05, 0) is 24.6 Å². The molecule has 10 heteroatoms. The molecule has 1 aromatic heterocycles. The van der Waals surface area contributed by atoms with Gasteiger partial charge in [0.05, 0.1) is 29.1 Å². The maximum absolute atomic E-state index is 13.1. The standard InChI is InChI=1S/C15H14F3N3O3.ClH/c1-7-2-8-4-19-20-12(8)9(3-7)13(22)21-5-10(14(23)24)11(6-21)15(16,17)18;/h2-4,10-11H,5-6H2,1H3,(H,19,20)(H,23,24);1H/t10-,11-;/m1./s1. The zero-order valence-electron chi connectivity index (χ0n) is 13.0. The zero-order chi connectivity index (χ0) is 17.6. The number of hydrogen-bond donors (Lipinski definition) is 2. The van der Waals surface area contributed by atoms with Crippen LogP contribution in [0.4, 0.5) is 13.2 Å². The van der Waals surface area contributed by atoms with Crippen LogP contribution in [0, 0.1) is 18.8 Å². The van der Waals surface area contributed by atoms with Gasteiger partial charge in [-0.25, -0.2) is 0 Å². The Morgan fingerprint density at radius 1 is 1.32 bits per heavy atom. The van der Waals surface area contributed by atoms with E-state index in [9.17, 15) is 22.8 Å². The number of carbonyl (C=O) groups excluding carboxylic acids is 1. The molecule has 1 saturated heterocycles. The molecule has 0 spiro atoms. The smallest absolute Gasteiger partial charge is 0.394 e. The summed E-state index contributed by atoms with van der Waals surface area (Å²) >= 11 is 0. The van der Waals surface area contributed by atoms with E-state index in [1.165, 1.54) is 6.20 Å². The molecular weight excluding hydrogens is 363 g/mol. The van der Waals surface area contributed by atoms with Gasteiger partial charge in [-0.2, -0.15) is 18.3 Å². The molecule has 0 radical (unpaired) electrons. The fraction of sp³-hybridized carbons (Fsp3) is 0.400. The number of amides is 1. The van der Waals surface area contributed by atoms with Crippen LogP contribution in [0.5, 0.6) is 0 Å². The Bertz CT molecular complexity index is 821. The second-order valence-corrected chi connectivity index (χ2v) is 5.95. The van der Waals surface area contributed by atoms with Gasteiger partial charge in [-0.3, -0.25) is 14.7 Å². The number of fused-ring (bicyclic) bond motifs is 1. The maximum Gasteiger partial charge on any atom is 0.394 e. The summed E-state index contributed by atoms with van der Waals surface area (Å²) in [5, 5.41) is 16.2. The van der Waals surface area contributed by atoms with Crippen molar-refractivity contribution >= 4 is 35.2 Å². The van der Waals surface area contributed by atoms with Crippen molar-refractivity contribution in [2.45, 2.75) is 13.1 Å². The van der Waals surface area contributed by atoms with E-state index in [0.717, 1.165) is 10.5 Å². The summed E-state index contributed by atoms with van der Waals surface area (Å²) in [5.74, 6) is -5.91. The lowest BCUT2D eigenvalue weighted by Crippen LogP contribution is -2.34. The van der Waals surface area contributed by atoms with Crippen molar-refractivity contribution < 1.29 is 27.9 Å². The van der Waals surface area contributed by atoms with E-state index >= 15 is 0 Å². The number of aromatic nitrogens is 2. The summed E-state index contributed by atoms with van der Waals surface area (Å²) in [6.45, 7) is 0.622. The van der Waals surface area contributed by atoms with Crippen LogP contribution in [0.3, 0.4) is 0 Å². The number of alkyl halides is 3. The number of nitrogens with one attached hydrogen (secondary N) is 1. The highest BCUT2D eigenvalue weighted by Crippen LogP contribution is 2.38. The van der Waals surface area contributed by atoms with E-state index in [-0.39, 0.29) is 18.0 Å². The minimum Gasteiger partial charge on any atom is -0.481 e. The first-order valence-electron chi connectivity index (χ1n) is 7.21. The average molecular weight is 378 g/mol. The van der Waals surface area contributed by atoms with Crippen LogP contribution >= 0.6 is 12.4 Å². The molecule has 25 heavy (non-hydrogen) atoms. The Morgan fingerprint density at radius 2 is 2.00 bits per heavy atom. The second-order valence-electron chi connectivity index (χ2n) is 5.95. The predicted molar refractivity (Wildman–Crippen MR) is 84.7 cm³/mol. The summed E-state index contributed by atoms with van der Waals surface area (Å²) in [6, 6.07) is 3.34. The number of H-pyrrole nitrogens is 1. The van der Waals surface area contributed by atoms with Crippen LogP contribution in [0.1, 0.15) is 15.9 Å². The molecule has 1 amide bonds. The lowest BCUT2D eigenvalue weighted by atomic mass is 9.96. The molecule has 0 aliphatic carbocycles. The van der Waals surface area contributed by atoms with Crippen LogP contribution in [0.25, 0.3) is 10.9 Å². The lowest BCUT2D eigenvalue weighted by Gasteiger charge is -2.18. The van der Waals surface area contributed by atoms with E-state index in [0.29, 0.717) is 10.9 Å². The van der Waals surface area contributed by atoms with Gasteiger partial charge in [-0.15, -0.1) is 12.4 Å². The van der Waals surface area contributed by atoms with Crippen LogP contribution < -0.4 is 0 Å². The number of carbonyl (C=O) groups is 2. The molecule has 1 aliphatic rings. The fourth-order valence-corrected chi connectivity index (χ4v) is 3.10. The van der Waals surface area contributed by atoms with Gasteiger partial charge in [0, 0.05) is 18.5 Å². The molecule has 0 unspecified atom stereocenters. The van der Waals surface area contributed by atoms with Crippen molar-refractivity contribution in [2.24, 2.45) is 11.8 Å². The molecule has 6 nitrogen and oxygen atoms in total. The molecule has 0 saturated carbocycles. The normalized spacial score (nSPS) is 20.6. The number of carboxylic acid groups (broad SMARTS) is 1. The van der Waals surface area contributed by atoms with Gasteiger partial charge in [-0.1, -0.05) is 0 Å². The van der Waals surface area contributed by atoms with Crippen molar-refractivity contribution in [3.63, 3.8) is 0 Å². The zero-order valence-corrected chi connectivity index (χ0v) is 13.8. The number of rotatable bonds is 2. The van der Waals surface area contributed by atoms with Gasteiger partial charge < -0.3 is 10.0 Å². The first-order chi connectivity index (χ1) is 11.2. The van der Waals surface area contributed by atoms with Crippen molar-refractivity contribution in [1.29, 1.82) is 0 Å². The number of hydrogen-bond acceptors (Lipinski definition) is 3.